The molecule has 3 rings (SSSR count). The third kappa shape index (κ3) is 3.61. The molecule has 0 amide bonds. The Hall–Kier alpha value is -2.84. The molecule has 1 atom stereocenters. The van der Waals surface area contributed by atoms with E-state index in [2.05, 4.69) is 14.8 Å². The highest BCUT2D eigenvalue weighted by Crippen LogP contribution is 2.35. The Morgan fingerprint density at radius 2 is 2.21 bits per heavy atom. The van der Waals surface area contributed by atoms with Crippen molar-refractivity contribution in [1.29, 1.82) is 0 Å². The van der Waals surface area contributed by atoms with Crippen LogP contribution >= 0.6 is 11.3 Å². The van der Waals surface area contributed by atoms with Gasteiger partial charge in [0.25, 0.3) is 5.82 Å². The molecule has 0 spiro atoms. The van der Waals surface area contributed by atoms with Crippen molar-refractivity contribution >= 4 is 45.0 Å². The number of aliphatic imine (C=N–C) groups is 1. The van der Waals surface area contributed by atoms with Gasteiger partial charge in [0.15, 0.2) is 5.83 Å². The molecule has 0 aliphatic carbocycles. The number of benzene rings is 1. The maximum absolute atomic E-state index is 14.5. The largest absolute Gasteiger partial charge is 0.369 e. The van der Waals surface area contributed by atoms with Crippen molar-refractivity contribution < 1.29 is 17.2 Å². The van der Waals surface area contributed by atoms with Gasteiger partial charge in [0.1, 0.15) is 11.4 Å². The Balaban J connectivity index is 2.05. The Labute approximate surface area is 164 Å². The van der Waals surface area contributed by atoms with Gasteiger partial charge in [-0.25, -0.2) is 26.5 Å². The molecule has 0 unspecified atom stereocenters. The molecule has 1 aromatic carbocycles. The maximum Gasteiger partial charge on any atom is 0.281 e. The molecule has 0 radical (unpaired) electrons. The topological polar surface area (TPSA) is 93.0 Å². The van der Waals surface area contributed by atoms with Crippen LogP contribution in [0.1, 0.15) is 23.1 Å². The van der Waals surface area contributed by atoms with Crippen molar-refractivity contribution in [3.63, 3.8) is 0 Å². The lowest BCUT2D eigenvalue weighted by Gasteiger charge is -2.34. The molecule has 146 valence electrons. The fourth-order valence-electron chi connectivity index (χ4n) is 2.77. The summed E-state index contributed by atoms with van der Waals surface area (Å²) in [5.74, 6) is -2.03. The van der Waals surface area contributed by atoms with E-state index in [0.717, 1.165) is 27.8 Å². The highest BCUT2D eigenvalue weighted by Gasteiger charge is 2.41. The molecule has 0 saturated heterocycles. The normalized spacial score (nSPS) is 21.9. The van der Waals surface area contributed by atoms with E-state index in [4.69, 9.17) is 12.3 Å². The van der Waals surface area contributed by atoms with Crippen LogP contribution in [0.3, 0.4) is 0 Å². The predicted octanol–water partition coefficient (Wildman–Crippen LogP) is 3.11. The zero-order valence-electron chi connectivity index (χ0n) is 14.8. The van der Waals surface area contributed by atoms with Crippen LogP contribution in [0.25, 0.3) is 16.7 Å². The van der Waals surface area contributed by atoms with Gasteiger partial charge < -0.3 is 10.6 Å². The van der Waals surface area contributed by atoms with Crippen molar-refractivity contribution in [3.05, 3.63) is 56.9 Å². The molecule has 11 heteroatoms. The van der Waals surface area contributed by atoms with Gasteiger partial charge in [0.05, 0.1) is 5.75 Å². The molecule has 2 aromatic rings. The van der Waals surface area contributed by atoms with Crippen LogP contribution < -0.4 is 5.73 Å². The van der Waals surface area contributed by atoms with Crippen LogP contribution in [0, 0.1) is 12.4 Å². The number of rotatable bonds is 3. The number of thiazole rings is 1. The second kappa shape index (κ2) is 6.96. The first-order valence-electron chi connectivity index (χ1n) is 7.88. The Morgan fingerprint density at radius 1 is 1.50 bits per heavy atom. The number of sulfonamides is 1. The van der Waals surface area contributed by atoms with Gasteiger partial charge in [-0.15, -0.1) is 16.3 Å². The van der Waals surface area contributed by atoms with Gasteiger partial charge in [-0.3, -0.25) is 0 Å². The minimum Gasteiger partial charge on any atom is -0.369 e. The molecule has 0 fully saturated rings. The SMILES string of the molecule is [C-]#[N+]c1csc(/C(F)=C/c2ccc(F)c([C@]3(C)CS(=O)(=O)N(C)C(N)=N3)c2)n1. The van der Waals surface area contributed by atoms with Gasteiger partial charge in [-0.2, -0.15) is 0 Å². The summed E-state index contributed by atoms with van der Waals surface area (Å²) in [5.41, 5.74) is 4.51. The molecule has 0 saturated carbocycles. The summed E-state index contributed by atoms with van der Waals surface area (Å²) in [6.07, 6.45) is 1.13. The first-order valence-corrected chi connectivity index (χ1v) is 10.4. The van der Waals surface area contributed by atoms with Crippen LogP contribution in [0.2, 0.25) is 0 Å². The van der Waals surface area contributed by atoms with E-state index >= 15 is 0 Å². The molecule has 2 N–H and O–H groups in total. The highest BCUT2D eigenvalue weighted by atomic mass is 32.2. The minimum atomic E-state index is -3.78. The second-order valence-electron chi connectivity index (χ2n) is 6.32. The summed E-state index contributed by atoms with van der Waals surface area (Å²) in [7, 11) is -2.51. The van der Waals surface area contributed by atoms with Crippen LogP contribution in [0.5, 0.6) is 0 Å². The lowest BCUT2D eigenvalue weighted by Crippen LogP contribution is -2.50. The van der Waals surface area contributed by atoms with E-state index < -0.39 is 33.0 Å². The van der Waals surface area contributed by atoms with E-state index in [1.165, 1.54) is 31.5 Å². The molecular formula is C17H15F2N5O2S2. The quantitative estimate of drug-likeness (QED) is 0.768. The Morgan fingerprint density at radius 3 is 2.82 bits per heavy atom. The molecule has 1 aliphatic heterocycles. The third-order valence-corrected chi connectivity index (χ3v) is 7.03. The summed E-state index contributed by atoms with van der Waals surface area (Å²) in [5, 5.41) is 1.44. The van der Waals surface area contributed by atoms with Crippen LogP contribution in [0.4, 0.5) is 14.6 Å². The van der Waals surface area contributed by atoms with Crippen molar-refractivity contribution in [2.75, 3.05) is 12.8 Å². The summed E-state index contributed by atoms with van der Waals surface area (Å²) in [6, 6.07) is 3.79. The average molecular weight is 423 g/mol. The van der Waals surface area contributed by atoms with Gasteiger partial charge in [0.2, 0.25) is 21.0 Å². The fourth-order valence-corrected chi connectivity index (χ4v) is 4.86. The number of nitrogens with zero attached hydrogens (tertiary/aromatic N) is 4. The molecule has 28 heavy (non-hydrogen) atoms. The van der Waals surface area contributed by atoms with Gasteiger partial charge in [-0.05, 0) is 30.7 Å². The van der Waals surface area contributed by atoms with Gasteiger partial charge in [-0.1, -0.05) is 12.6 Å². The van der Waals surface area contributed by atoms with Crippen molar-refractivity contribution in [1.82, 2.24) is 9.29 Å². The standard InChI is InChI=1S/C17H15F2N5O2S2/c1-17(9-28(25,26)24(3)16(20)23-17)11-6-10(4-5-12(11)18)7-13(19)15-22-14(21-2)8-27-15/h4-8H,9H2,1,3H3,(H2,20,23)/b13-7-/t17-/m0/s1. The highest BCUT2D eigenvalue weighted by molar-refractivity contribution is 7.89. The monoisotopic (exact) mass is 423 g/mol. The van der Waals surface area contributed by atoms with Crippen molar-refractivity contribution in [2.45, 2.75) is 12.5 Å². The van der Waals surface area contributed by atoms with Crippen LogP contribution in [0.15, 0.2) is 28.6 Å². The number of hydrogen-bond acceptors (Lipinski definition) is 6. The number of halogens is 2. The van der Waals surface area contributed by atoms with Gasteiger partial charge in [0, 0.05) is 18.0 Å². The lowest BCUT2D eigenvalue weighted by atomic mass is 9.92. The fraction of sp³-hybridized carbons (Fsp3) is 0.235. The summed E-state index contributed by atoms with van der Waals surface area (Å²) in [4.78, 5) is 11.1. The van der Waals surface area contributed by atoms with E-state index in [-0.39, 0.29) is 22.3 Å². The molecule has 1 aromatic heterocycles. The Kier molecular flexibility index (Phi) is 4.95. The molecular weight excluding hydrogens is 408 g/mol. The molecule has 7 nitrogen and oxygen atoms in total. The summed E-state index contributed by atoms with van der Waals surface area (Å²) in [6.45, 7) is 8.33. The smallest absolute Gasteiger partial charge is 0.281 e. The van der Waals surface area contributed by atoms with E-state index in [0.29, 0.717) is 5.56 Å². The minimum absolute atomic E-state index is 0.0188. The molecule has 2 heterocycles. The summed E-state index contributed by atoms with van der Waals surface area (Å²) >= 11 is 0.971. The second-order valence-corrected chi connectivity index (χ2v) is 9.18. The third-order valence-electron chi connectivity index (χ3n) is 4.24. The lowest BCUT2D eigenvalue weighted by molar-refractivity contribution is 0.458. The van der Waals surface area contributed by atoms with Crippen molar-refractivity contribution in [2.24, 2.45) is 10.7 Å². The average Bonchev–Trinajstić information content (AvgIpc) is 3.10. The van der Waals surface area contributed by atoms with Gasteiger partial charge >= 0.3 is 0 Å². The summed E-state index contributed by atoms with van der Waals surface area (Å²) < 4.78 is 54.4. The number of guanidine groups is 1. The maximum atomic E-state index is 14.5. The number of nitrogens with two attached hydrogens (primary N) is 1. The molecule has 1 aliphatic rings. The van der Waals surface area contributed by atoms with Crippen LogP contribution in [-0.4, -0.2) is 36.5 Å². The van der Waals surface area contributed by atoms with Crippen LogP contribution in [-0.2, 0) is 15.6 Å². The van der Waals surface area contributed by atoms with E-state index in [9.17, 15) is 17.2 Å². The van der Waals surface area contributed by atoms with E-state index in [1.54, 1.807) is 0 Å². The first kappa shape index (κ1) is 19.9. The van der Waals surface area contributed by atoms with E-state index in [1.807, 2.05) is 0 Å². The predicted molar refractivity (Wildman–Crippen MR) is 104 cm³/mol. The molecule has 0 bridgehead atoms. The Bertz CT molecular complexity index is 1150. The number of hydrogen-bond donors (Lipinski definition) is 1. The number of aromatic nitrogens is 1. The first-order chi connectivity index (χ1) is 13.1. The zero-order chi connectivity index (χ0) is 20.7. The van der Waals surface area contributed by atoms with Crippen molar-refractivity contribution in [3.8, 4) is 0 Å². The zero-order valence-corrected chi connectivity index (χ0v) is 16.5.